The van der Waals surface area contributed by atoms with Gasteiger partial charge in [0.05, 0.1) is 13.3 Å². The zero-order valence-corrected chi connectivity index (χ0v) is 16.1. The highest BCUT2D eigenvalue weighted by atomic mass is 16.5. The Balaban J connectivity index is 1.97. The summed E-state index contributed by atoms with van der Waals surface area (Å²) in [6.07, 6.45) is 1.39. The number of rotatable bonds is 9. The van der Waals surface area contributed by atoms with Gasteiger partial charge in [0, 0.05) is 36.9 Å². The lowest BCUT2D eigenvalue weighted by Gasteiger charge is -2.36. The van der Waals surface area contributed by atoms with Gasteiger partial charge in [-0.2, -0.15) is 0 Å². The Bertz CT molecular complexity index is 524. The fourth-order valence-electron chi connectivity index (χ4n) is 3.01. The summed E-state index contributed by atoms with van der Waals surface area (Å²) in [4.78, 5) is 2.17. The number of nitrogens with zero attached hydrogens (tertiary/aromatic N) is 1. The lowest BCUT2D eigenvalue weighted by atomic mass is 10.1. The summed E-state index contributed by atoms with van der Waals surface area (Å²) in [5, 5.41) is 17.3. The zero-order valence-electron chi connectivity index (χ0n) is 16.1. The molecule has 5 N–H and O–H groups in total. The van der Waals surface area contributed by atoms with Crippen molar-refractivity contribution in [1.82, 2.24) is 26.2 Å². The molecule has 1 saturated heterocycles. The van der Waals surface area contributed by atoms with Gasteiger partial charge >= 0.3 is 0 Å². The van der Waals surface area contributed by atoms with Crippen LogP contribution in [0.15, 0.2) is 18.2 Å². The van der Waals surface area contributed by atoms with Crippen LogP contribution in [-0.2, 0) is 6.54 Å². The highest BCUT2D eigenvalue weighted by Crippen LogP contribution is 2.23. The summed E-state index contributed by atoms with van der Waals surface area (Å²) in [6, 6.07) is 6.67. The molecule has 1 aromatic carbocycles. The summed E-state index contributed by atoms with van der Waals surface area (Å²) < 4.78 is 5.50. The second-order valence-electron chi connectivity index (χ2n) is 6.90. The molecule has 1 heterocycles. The summed E-state index contributed by atoms with van der Waals surface area (Å²) in [5.41, 5.74) is 2.22. The second kappa shape index (κ2) is 9.94. The van der Waals surface area contributed by atoms with E-state index in [1.807, 2.05) is 13.1 Å². The molecule has 3 atom stereocenters. The maximum atomic E-state index is 5.50. The molecule has 1 aliphatic rings. The van der Waals surface area contributed by atoms with Crippen LogP contribution in [0.4, 0.5) is 5.69 Å². The van der Waals surface area contributed by atoms with Gasteiger partial charge in [-0.15, -0.1) is 0 Å². The molecule has 7 nitrogen and oxygen atoms in total. The average molecular weight is 351 g/mol. The van der Waals surface area contributed by atoms with E-state index in [9.17, 15) is 0 Å². The number of benzene rings is 1. The predicted octanol–water partition coefficient (Wildman–Crippen LogP) is 0.559. The molecule has 0 bridgehead atoms. The third kappa shape index (κ3) is 6.45. The van der Waals surface area contributed by atoms with Crippen LogP contribution in [0.3, 0.4) is 0 Å². The van der Waals surface area contributed by atoms with E-state index in [-0.39, 0.29) is 6.29 Å². The van der Waals surface area contributed by atoms with Gasteiger partial charge in [0.25, 0.3) is 0 Å². The van der Waals surface area contributed by atoms with E-state index in [0.717, 1.165) is 43.1 Å². The smallest absolute Gasteiger partial charge is 0.133 e. The molecule has 2 rings (SSSR count). The van der Waals surface area contributed by atoms with Gasteiger partial charge in [-0.1, -0.05) is 0 Å². The van der Waals surface area contributed by atoms with Crippen molar-refractivity contribution >= 4 is 5.69 Å². The Hall–Kier alpha value is -1.38. The summed E-state index contributed by atoms with van der Waals surface area (Å²) in [5.74, 6) is 0.911. The first-order valence-corrected chi connectivity index (χ1v) is 9.00. The molecule has 0 aromatic heterocycles. The summed E-state index contributed by atoms with van der Waals surface area (Å²) in [7, 11) is 7.86. The summed E-state index contributed by atoms with van der Waals surface area (Å²) >= 11 is 0. The molecule has 1 aliphatic heterocycles. The minimum absolute atomic E-state index is 0.0316. The van der Waals surface area contributed by atoms with Gasteiger partial charge in [0.2, 0.25) is 0 Å². The van der Waals surface area contributed by atoms with Crippen LogP contribution in [0, 0.1) is 0 Å². The van der Waals surface area contributed by atoms with E-state index in [2.05, 4.69) is 64.6 Å². The first kappa shape index (κ1) is 19.9. The highest BCUT2D eigenvalue weighted by Gasteiger charge is 2.23. The Labute approximate surface area is 151 Å². The molecular formula is C18H34N6O. The third-order valence-corrected chi connectivity index (χ3v) is 4.40. The molecule has 0 spiro atoms. The van der Waals surface area contributed by atoms with Crippen LogP contribution in [0.25, 0.3) is 0 Å². The third-order valence-electron chi connectivity index (χ3n) is 4.40. The molecule has 25 heavy (non-hydrogen) atoms. The average Bonchev–Trinajstić information content (AvgIpc) is 2.58. The van der Waals surface area contributed by atoms with Gasteiger partial charge in [-0.25, -0.2) is 0 Å². The number of anilines is 1. The van der Waals surface area contributed by atoms with Crippen molar-refractivity contribution in [2.24, 2.45) is 0 Å². The Morgan fingerprint density at radius 3 is 2.76 bits per heavy atom. The normalized spacial score (nSPS) is 23.7. The monoisotopic (exact) mass is 350 g/mol. The Morgan fingerprint density at radius 2 is 2.08 bits per heavy atom. The molecule has 142 valence electrons. The van der Waals surface area contributed by atoms with Crippen LogP contribution < -0.4 is 31.3 Å². The SMILES string of the molecule is CNC1CC(C)NC(Nc2ccc(OC)c(CNCCN(C)C)c2)N1. The minimum atomic E-state index is 0.0316. The number of hydrogen-bond acceptors (Lipinski definition) is 7. The number of hydrogen-bond donors (Lipinski definition) is 5. The van der Waals surface area contributed by atoms with Crippen molar-refractivity contribution in [2.75, 3.05) is 46.7 Å². The first-order chi connectivity index (χ1) is 12.0. The Kier molecular flexibility index (Phi) is 7.92. The number of methoxy groups -OCH3 is 1. The van der Waals surface area contributed by atoms with Gasteiger partial charge < -0.3 is 25.6 Å². The number of nitrogens with one attached hydrogen (secondary N) is 5. The van der Waals surface area contributed by atoms with E-state index >= 15 is 0 Å². The number of ether oxygens (including phenoxy) is 1. The van der Waals surface area contributed by atoms with Crippen LogP contribution in [0.2, 0.25) is 0 Å². The van der Waals surface area contributed by atoms with E-state index in [1.165, 1.54) is 0 Å². The highest BCUT2D eigenvalue weighted by molar-refractivity contribution is 5.51. The molecule has 3 unspecified atom stereocenters. The lowest BCUT2D eigenvalue weighted by molar-refractivity contribution is 0.249. The number of likely N-dealkylation sites (N-methyl/N-ethyl adjacent to an activating group) is 1. The van der Waals surface area contributed by atoms with Gasteiger partial charge in [0.1, 0.15) is 12.0 Å². The predicted molar refractivity (Wildman–Crippen MR) is 104 cm³/mol. The molecule has 1 fully saturated rings. The van der Waals surface area contributed by atoms with E-state index in [0.29, 0.717) is 12.2 Å². The Morgan fingerprint density at radius 1 is 1.28 bits per heavy atom. The molecule has 0 aliphatic carbocycles. The first-order valence-electron chi connectivity index (χ1n) is 9.00. The topological polar surface area (TPSA) is 72.6 Å². The van der Waals surface area contributed by atoms with Crippen LogP contribution in [-0.4, -0.2) is 64.7 Å². The maximum absolute atomic E-state index is 5.50. The molecule has 0 saturated carbocycles. The van der Waals surface area contributed by atoms with Gasteiger partial charge in [-0.3, -0.25) is 10.6 Å². The van der Waals surface area contributed by atoms with Crippen molar-refractivity contribution < 1.29 is 4.74 Å². The van der Waals surface area contributed by atoms with Gasteiger partial charge in [0.15, 0.2) is 0 Å². The van der Waals surface area contributed by atoms with Gasteiger partial charge in [-0.05, 0) is 52.7 Å². The van der Waals surface area contributed by atoms with Crippen LogP contribution in [0.1, 0.15) is 18.9 Å². The second-order valence-corrected chi connectivity index (χ2v) is 6.90. The fourth-order valence-corrected chi connectivity index (χ4v) is 3.01. The minimum Gasteiger partial charge on any atom is -0.496 e. The van der Waals surface area contributed by atoms with Crippen LogP contribution >= 0.6 is 0 Å². The van der Waals surface area contributed by atoms with E-state index in [1.54, 1.807) is 7.11 Å². The quantitative estimate of drug-likeness (QED) is 0.417. The lowest BCUT2D eigenvalue weighted by Crippen LogP contribution is -2.63. The molecule has 7 heteroatoms. The van der Waals surface area contributed by atoms with Crippen molar-refractivity contribution in [3.8, 4) is 5.75 Å². The standard InChI is InChI=1S/C18H34N6O/c1-13-10-17(19-2)23-18(21-13)22-15-6-7-16(25-5)14(11-15)12-20-8-9-24(3)4/h6-7,11,13,17-23H,8-10,12H2,1-5H3. The van der Waals surface area contributed by atoms with Crippen molar-refractivity contribution in [3.05, 3.63) is 23.8 Å². The van der Waals surface area contributed by atoms with Crippen molar-refractivity contribution in [3.63, 3.8) is 0 Å². The van der Waals surface area contributed by atoms with Crippen LogP contribution in [0.5, 0.6) is 5.75 Å². The van der Waals surface area contributed by atoms with E-state index in [4.69, 9.17) is 4.74 Å². The maximum Gasteiger partial charge on any atom is 0.133 e. The van der Waals surface area contributed by atoms with Crippen molar-refractivity contribution in [2.45, 2.75) is 38.4 Å². The largest absolute Gasteiger partial charge is 0.496 e. The fraction of sp³-hybridized carbons (Fsp3) is 0.667. The van der Waals surface area contributed by atoms with Crippen molar-refractivity contribution in [1.29, 1.82) is 0 Å². The molecule has 1 aromatic rings. The zero-order chi connectivity index (χ0) is 18.2. The molecule has 0 radical (unpaired) electrons. The molecular weight excluding hydrogens is 316 g/mol. The van der Waals surface area contributed by atoms with E-state index < -0.39 is 0 Å². The molecule has 0 amide bonds. The summed E-state index contributed by atoms with van der Waals surface area (Å²) in [6.45, 7) is 4.95.